The molecule has 0 heterocycles. The molecule has 102 valence electrons. The van der Waals surface area contributed by atoms with Crippen molar-refractivity contribution in [3.8, 4) is 0 Å². The summed E-state index contributed by atoms with van der Waals surface area (Å²) in [5.74, 6) is 0.893. The van der Waals surface area contributed by atoms with Crippen LogP contribution in [0.25, 0.3) is 0 Å². The maximum Gasteiger partial charge on any atom is 0.0593 e. The Morgan fingerprint density at radius 3 is 2.59 bits per heavy atom. The minimum absolute atomic E-state index is 0.675. The van der Waals surface area contributed by atoms with Gasteiger partial charge in [0.1, 0.15) is 0 Å². The molecule has 0 aliphatic heterocycles. The van der Waals surface area contributed by atoms with Crippen LogP contribution in [0.2, 0.25) is 0 Å². The minimum atomic E-state index is 0.675. The number of hydrogen-bond acceptors (Lipinski definition) is 3. The minimum Gasteiger partial charge on any atom is -0.380 e. The van der Waals surface area contributed by atoms with Crippen molar-refractivity contribution < 1.29 is 4.74 Å². The monoisotopic (exact) mass is 242 g/mol. The molecule has 0 aromatic rings. The van der Waals surface area contributed by atoms with Crippen molar-refractivity contribution in [2.45, 2.75) is 45.6 Å². The average molecular weight is 242 g/mol. The molecule has 1 atom stereocenters. The molecule has 3 heteroatoms. The van der Waals surface area contributed by atoms with E-state index in [1.54, 1.807) is 0 Å². The largest absolute Gasteiger partial charge is 0.380 e. The normalized spacial score (nSPS) is 19.1. The van der Waals surface area contributed by atoms with Crippen LogP contribution >= 0.6 is 0 Å². The molecule has 0 aromatic heterocycles. The molecular formula is C14H30N2O. The molecule has 1 fully saturated rings. The van der Waals surface area contributed by atoms with Crippen molar-refractivity contribution in [3.05, 3.63) is 0 Å². The third kappa shape index (κ3) is 5.84. The van der Waals surface area contributed by atoms with Gasteiger partial charge in [-0.3, -0.25) is 0 Å². The van der Waals surface area contributed by atoms with Gasteiger partial charge >= 0.3 is 0 Å². The quantitative estimate of drug-likeness (QED) is 0.627. The van der Waals surface area contributed by atoms with Crippen LogP contribution in [-0.4, -0.2) is 50.8 Å². The van der Waals surface area contributed by atoms with Crippen molar-refractivity contribution >= 4 is 0 Å². The number of likely N-dealkylation sites (N-methyl/N-ethyl adjacent to an activating group) is 2. The number of rotatable bonds is 9. The van der Waals surface area contributed by atoms with Crippen LogP contribution in [0.15, 0.2) is 0 Å². The highest BCUT2D eigenvalue weighted by molar-refractivity contribution is 4.82. The molecule has 1 aliphatic carbocycles. The Labute approximate surface area is 107 Å². The number of hydrogen-bond donors (Lipinski definition) is 1. The number of nitrogens with zero attached hydrogens (tertiary/aromatic N) is 1. The lowest BCUT2D eigenvalue weighted by atomic mass is 9.97. The summed E-state index contributed by atoms with van der Waals surface area (Å²) in [6.07, 6.45) is 5.68. The first-order valence-corrected chi connectivity index (χ1v) is 7.27. The lowest BCUT2D eigenvalue weighted by Gasteiger charge is -2.29. The van der Waals surface area contributed by atoms with Crippen molar-refractivity contribution in [1.82, 2.24) is 10.2 Å². The van der Waals surface area contributed by atoms with Gasteiger partial charge < -0.3 is 15.0 Å². The first-order chi connectivity index (χ1) is 8.27. The fraction of sp³-hybridized carbons (Fsp3) is 1.00. The summed E-state index contributed by atoms with van der Waals surface area (Å²) in [4.78, 5) is 2.40. The van der Waals surface area contributed by atoms with Crippen LogP contribution in [-0.2, 0) is 4.74 Å². The summed E-state index contributed by atoms with van der Waals surface area (Å²) in [7, 11) is 2.21. The number of nitrogens with one attached hydrogen (secondary N) is 1. The van der Waals surface area contributed by atoms with Gasteiger partial charge in [0, 0.05) is 25.7 Å². The maximum atomic E-state index is 5.41. The van der Waals surface area contributed by atoms with Gasteiger partial charge in [-0.05, 0) is 39.3 Å². The zero-order valence-electron chi connectivity index (χ0n) is 11.9. The first kappa shape index (κ1) is 14.9. The Hall–Kier alpha value is -0.120. The van der Waals surface area contributed by atoms with E-state index in [4.69, 9.17) is 4.74 Å². The third-order valence-electron chi connectivity index (χ3n) is 3.77. The summed E-state index contributed by atoms with van der Waals surface area (Å²) >= 11 is 0. The Kier molecular flexibility index (Phi) is 7.82. The van der Waals surface area contributed by atoms with E-state index >= 15 is 0 Å². The van der Waals surface area contributed by atoms with Crippen LogP contribution in [0.1, 0.15) is 39.5 Å². The molecular weight excluding hydrogens is 212 g/mol. The predicted molar refractivity (Wildman–Crippen MR) is 73.4 cm³/mol. The van der Waals surface area contributed by atoms with Gasteiger partial charge in [-0.1, -0.05) is 19.8 Å². The Morgan fingerprint density at radius 1 is 1.29 bits per heavy atom. The van der Waals surface area contributed by atoms with Gasteiger partial charge in [-0.25, -0.2) is 0 Å². The van der Waals surface area contributed by atoms with E-state index in [-0.39, 0.29) is 0 Å². The zero-order chi connectivity index (χ0) is 12.5. The Balaban J connectivity index is 2.26. The molecule has 0 saturated heterocycles. The fourth-order valence-corrected chi connectivity index (χ4v) is 2.79. The summed E-state index contributed by atoms with van der Waals surface area (Å²) in [6, 6.07) is 0.675. The highest BCUT2D eigenvalue weighted by atomic mass is 16.5. The second-order valence-corrected chi connectivity index (χ2v) is 5.17. The lowest BCUT2D eigenvalue weighted by Crippen LogP contribution is -2.44. The Bertz CT molecular complexity index is 181. The van der Waals surface area contributed by atoms with Crippen LogP contribution in [0.4, 0.5) is 0 Å². The molecule has 1 N–H and O–H groups in total. The average Bonchev–Trinajstić information content (AvgIpc) is 2.82. The van der Waals surface area contributed by atoms with Crippen LogP contribution in [0, 0.1) is 5.92 Å². The van der Waals surface area contributed by atoms with E-state index in [9.17, 15) is 0 Å². The second-order valence-electron chi connectivity index (χ2n) is 5.17. The van der Waals surface area contributed by atoms with Crippen molar-refractivity contribution in [2.24, 2.45) is 5.92 Å². The molecule has 17 heavy (non-hydrogen) atoms. The molecule has 0 spiro atoms. The highest BCUT2D eigenvalue weighted by Gasteiger charge is 2.24. The first-order valence-electron chi connectivity index (χ1n) is 7.27. The molecule has 1 unspecified atom stereocenters. The van der Waals surface area contributed by atoms with Gasteiger partial charge in [-0.2, -0.15) is 0 Å². The van der Waals surface area contributed by atoms with Gasteiger partial charge in [0.25, 0.3) is 0 Å². The van der Waals surface area contributed by atoms with E-state index in [0.717, 1.165) is 38.8 Å². The maximum absolute atomic E-state index is 5.41. The SMILES string of the molecule is CCNC(CN(C)CCOCC)C1CCCC1. The standard InChI is InChI=1S/C14H30N2O/c1-4-15-14(13-8-6-7-9-13)12-16(3)10-11-17-5-2/h13-15H,4-12H2,1-3H3. The zero-order valence-corrected chi connectivity index (χ0v) is 11.9. The van der Waals surface area contributed by atoms with E-state index in [1.807, 2.05) is 0 Å². The number of ether oxygens (including phenoxy) is 1. The fourth-order valence-electron chi connectivity index (χ4n) is 2.79. The van der Waals surface area contributed by atoms with E-state index in [2.05, 4.69) is 31.1 Å². The van der Waals surface area contributed by atoms with Crippen LogP contribution < -0.4 is 5.32 Å². The van der Waals surface area contributed by atoms with Crippen molar-refractivity contribution in [1.29, 1.82) is 0 Å². The van der Waals surface area contributed by atoms with E-state index in [1.165, 1.54) is 25.7 Å². The molecule has 0 radical (unpaired) electrons. The van der Waals surface area contributed by atoms with Gasteiger partial charge in [-0.15, -0.1) is 0 Å². The topological polar surface area (TPSA) is 24.5 Å². The van der Waals surface area contributed by atoms with E-state index in [0.29, 0.717) is 6.04 Å². The Morgan fingerprint density at radius 2 is 2.00 bits per heavy atom. The smallest absolute Gasteiger partial charge is 0.0593 e. The van der Waals surface area contributed by atoms with Crippen molar-refractivity contribution in [2.75, 3.05) is 39.9 Å². The van der Waals surface area contributed by atoms with Gasteiger partial charge in [0.05, 0.1) is 6.61 Å². The lowest BCUT2D eigenvalue weighted by molar-refractivity contribution is 0.115. The van der Waals surface area contributed by atoms with Gasteiger partial charge in [0.2, 0.25) is 0 Å². The van der Waals surface area contributed by atoms with Crippen molar-refractivity contribution in [3.63, 3.8) is 0 Å². The molecule has 0 amide bonds. The molecule has 0 bridgehead atoms. The molecule has 3 nitrogen and oxygen atoms in total. The summed E-state index contributed by atoms with van der Waals surface area (Å²) in [6.45, 7) is 9.24. The third-order valence-corrected chi connectivity index (χ3v) is 3.77. The summed E-state index contributed by atoms with van der Waals surface area (Å²) in [5, 5.41) is 3.66. The summed E-state index contributed by atoms with van der Waals surface area (Å²) < 4.78 is 5.41. The van der Waals surface area contributed by atoms with Crippen LogP contribution in [0.5, 0.6) is 0 Å². The molecule has 1 rings (SSSR count). The summed E-state index contributed by atoms with van der Waals surface area (Å²) in [5.41, 5.74) is 0. The second kappa shape index (κ2) is 8.90. The van der Waals surface area contributed by atoms with E-state index < -0.39 is 0 Å². The van der Waals surface area contributed by atoms with Crippen LogP contribution in [0.3, 0.4) is 0 Å². The molecule has 0 aromatic carbocycles. The molecule has 1 aliphatic rings. The van der Waals surface area contributed by atoms with Gasteiger partial charge in [0.15, 0.2) is 0 Å². The predicted octanol–water partition coefficient (Wildman–Crippen LogP) is 2.12. The molecule has 1 saturated carbocycles. The highest BCUT2D eigenvalue weighted by Crippen LogP contribution is 2.27.